The average Bonchev–Trinajstić information content (AvgIpc) is 2.36. The van der Waals surface area contributed by atoms with Gasteiger partial charge in [-0.15, -0.1) is 12.4 Å². The number of carbonyl (C=O) groups is 1. The van der Waals surface area contributed by atoms with Crippen molar-refractivity contribution in [1.82, 2.24) is 5.32 Å². The van der Waals surface area contributed by atoms with E-state index in [0.717, 1.165) is 5.56 Å². The summed E-state index contributed by atoms with van der Waals surface area (Å²) in [5, 5.41) is 2.59. The molecule has 20 heavy (non-hydrogen) atoms. The van der Waals surface area contributed by atoms with Crippen LogP contribution in [0.15, 0.2) is 24.3 Å². The second-order valence-corrected chi connectivity index (χ2v) is 3.91. The first-order chi connectivity index (χ1) is 8.90. The third kappa shape index (κ3) is 7.98. The smallest absolute Gasteiger partial charge is 0.367 e. The number of ether oxygens (including phenoxy) is 1. The Labute approximate surface area is 120 Å². The normalized spacial score (nSPS) is 10.8. The maximum absolute atomic E-state index is 11.9. The van der Waals surface area contributed by atoms with Gasteiger partial charge in [-0.1, -0.05) is 24.3 Å². The van der Waals surface area contributed by atoms with Gasteiger partial charge in [-0.05, 0) is 11.1 Å². The number of hydrogen-bond acceptors (Lipinski definition) is 3. The van der Waals surface area contributed by atoms with E-state index in [1.165, 1.54) is 0 Å². The fraction of sp³-hybridized carbons (Fsp3) is 0.417. The number of benzene rings is 1. The molecule has 0 aromatic heterocycles. The van der Waals surface area contributed by atoms with Crippen molar-refractivity contribution in [3.05, 3.63) is 35.4 Å². The van der Waals surface area contributed by atoms with Gasteiger partial charge in [0.2, 0.25) is 5.91 Å². The van der Waals surface area contributed by atoms with Crippen LogP contribution in [0.2, 0.25) is 0 Å². The van der Waals surface area contributed by atoms with Crippen molar-refractivity contribution in [1.29, 1.82) is 0 Å². The van der Waals surface area contributed by atoms with E-state index in [4.69, 9.17) is 5.73 Å². The van der Waals surface area contributed by atoms with Crippen LogP contribution in [0.25, 0.3) is 0 Å². The minimum absolute atomic E-state index is 0. The maximum atomic E-state index is 11.9. The summed E-state index contributed by atoms with van der Waals surface area (Å²) in [5.74, 6) is -0.266. The lowest BCUT2D eigenvalue weighted by Crippen LogP contribution is -2.29. The summed E-state index contributed by atoms with van der Waals surface area (Å²) in [7, 11) is 0. The van der Waals surface area contributed by atoms with Crippen LogP contribution in [0.5, 0.6) is 0 Å². The Morgan fingerprint density at radius 1 is 1.20 bits per heavy atom. The predicted molar refractivity (Wildman–Crippen MR) is 70.3 cm³/mol. The first kappa shape index (κ1) is 18.7. The number of nitrogens with two attached hydrogens (primary N) is 1. The molecule has 0 aliphatic heterocycles. The van der Waals surface area contributed by atoms with E-state index in [1.54, 1.807) is 24.3 Å². The standard InChI is InChI=1S/C12H15F3N2O2.ClH/c13-12(14,15)8-19-7-10-3-1-9(2-4-10)6-17-11(18)5-16;/h1-4H,5-8,16H2,(H,17,18);1H. The fourth-order valence-electron chi connectivity index (χ4n) is 1.31. The van der Waals surface area contributed by atoms with Gasteiger partial charge < -0.3 is 15.8 Å². The molecule has 0 unspecified atom stereocenters. The van der Waals surface area contributed by atoms with Gasteiger partial charge in [0.25, 0.3) is 0 Å². The number of rotatable bonds is 6. The molecule has 8 heteroatoms. The highest BCUT2D eigenvalue weighted by molar-refractivity contribution is 5.85. The monoisotopic (exact) mass is 312 g/mol. The minimum Gasteiger partial charge on any atom is -0.367 e. The Hall–Kier alpha value is -1.31. The molecule has 0 radical (unpaired) electrons. The van der Waals surface area contributed by atoms with E-state index >= 15 is 0 Å². The Morgan fingerprint density at radius 2 is 1.75 bits per heavy atom. The van der Waals surface area contributed by atoms with Crippen molar-refractivity contribution < 1.29 is 22.7 Å². The summed E-state index contributed by atoms with van der Waals surface area (Å²) >= 11 is 0. The number of alkyl halides is 3. The maximum Gasteiger partial charge on any atom is 0.411 e. The third-order valence-electron chi connectivity index (χ3n) is 2.23. The van der Waals surface area contributed by atoms with E-state index < -0.39 is 12.8 Å². The van der Waals surface area contributed by atoms with Gasteiger partial charge in [-0.3, -0.25) is 4.79 Å². The van der Waals surface area contributed by atoms with Crippen molar-refractivity contribution in [3.63, 3.8) is 0 Å². The summed E-state index contributed by atoms with van der Waals surface area (Å²) < 4.78 is 40.1. The van der Waals surface area contributed by atoms with E-state index in [9.17, 15) is 18.0 Å². The summed E-state index contributed by atoms with van der Waals surface area (Å²) in [6, 6.07) is 6.73. The summed E-state index contributed by atoms with van der Waals surface area (Å²) in [5.41, 5.74) is 6.60. The van der Waals surface area contributed by atoms with Crippen LogP contribution in [-0.2, 0) is 22.7 Å². The molecule has 3 N–H and O–H groups in total. The number of carbonyl (C=O) groups excluding carboxylic acids is 1. The first-order valence-corrected chi connectivity index (χ1v) is 5.60. The van der Waals surface area contributed by atoms with Gasteiger partial charge in [0, 0.05) is 6.54 Å². The zero-order valence-electron chi connectivity index (χ0n) is 10.6. The van der Waals surface area contributed by atoms with Gasteiger partial charge in [-0.25, -0.2) is 0 Å². The molecule has 0 bridgehead atoms. The summed E-state index contributed by atoms with van der Waals surface area (Å²) in [6.45, 7) is -1.11. The Kier molecular flexibility index (Phi) is 8.21. The van der Waals surface area contributed by atoms with Crippen LogP contribution in [0.1, 0.15) is 11.1 Å². The second-order valence-electron chi connectivity index (χ2n) is 3.91. The lowest BCUT2D eigenvalue weighted by Gasteiger charge is -2.08. The van der Waals surface area contributed by atoms with E-state index in [1.807, 2.05) is 0 Å². The molecule has 0 atom stereocenters. The van der Waals surface area contributed by atoms with Crippen LogP contribution in [-0.4, -0.2) is 25.2 Å². The van der Waals surface area contributed by atoms with Crippen molar-refractivity contribution in [2.75, 3.05) is 13.2 Å². The Morgan fingerprint density at radius 3 is 2.25 bits per heavy atom. The minimum atomic E-state index is -4.31. The van der Waals surface area contributed by atoms with Gasteiger partial charge in [0.15, 0.2) is 0 Å². The molecule has 1 amide bonds. The zero-order chi connectivity index (χ0) is 14.3. The average molecular weight is 313 g/mol. The van der Waals surface area contributed by atoms with Crippen LogP contribution in [0, 0.1) is 0 Å². The van der Waals surface area contributed by atoms with Gasteiger partial charge in [-0.2, -0.15) is 13.2 Å². The Balaban J connectivity index is 0.00000361. The predicted octanol–water partition coefficient (Wildman–Crippen LogP) is 1.76. The number of hydrogen-bond donors (Lipinski definition) is 2. The molecular formula is C12H16ClF3N2O2. The summed E-state index contributed by atoms with van der Waals surface area (Å²) in [4.78, 5) is 10.9. The molecule has 0 heterocycles. The molecule has 114 valence electrons. The third-order valence-corrected chi connectivity index (χ3v) is 2.23. The zero-order valence-corrected chi connectivity index (χ0v) is 11.4. The molecule has 0 aliphatic carbocycles. The summed E-state index contributed by atoms with van der Waals surface area (Å²) in [6.07, 6.45) is -4.31. The largest absolute Gasteiger partial charge is 0.411 e. The number of halogens is 4. The van der Waals surface area contributed by atoms with Crippen molar-refractivity contribution in [3.8, 4) is 0 Å². The van der Waals surface area contributed by atoms with E-state index in [0.29, 0.717) is 12.1 Å². The molecule has 0 aliphatic rings. The molecule has 1 aromatic carbocycles. The van der Waals surface area contributed by atoms with Gasteiger partial charge in [0.1, 0.15) is 6.61 Å². The topological polar surface area (TPSA) is 64.4 Å². The molecule has 1 rings (SSSR count). The van der Waals surface area contributed by atoms with Gasteiger partial charge in [0.05, 0.1) is 13.2 Å². The lowest BCUT2D eigenvalue weighted by molar-refractivity contribution is -0.176. The van der Waals surface area contributed by atoms with Crippen molar-refractivity contribution in [2.24, 2.45) is 5.73 Å². The van der Waals surface area contributed by atoms with Crippen LogP contribution >= 0.6 is 12.4 Å². The number of nitrogens with one attached hydrogen (secondary N) is 1. The Bertz CT molecular complexity index is 410. The van der Waals surface area contributed by atoms with Crippen LogP contribution in [0.3, 0.4) is 0 Å². The molecule has 4 nitrogen and oxygen atoms in total. The fourth-order valence-corrected chi connectivity index (χ4v) is 1.31. The molecule has 0 saturated carbocycles. The van der Waals surface area contributed by atoms with E-state index in [-0.39, 0.29) is 31.5 Å². The lowest BCUT2D eigenvalue weighted by atomic mass is 10.1. The molecule has 1 aromatic rings. The molecule has 0 saturated heterocycles. The first-order valence-electron chi connectivity index (χ1n) is 5.60. The SMILES string of the molecule is Cl.NCC(=O)NCc1ccc(COCC(F)(F)F)cc1. The van der Waals surface area contributed by atoms with Crippen molar-refractivity contribution in [2.45, 2.75) is 19.3 Å². The highest BCUT2D eigenvalue weighted by Gasteiger charge is 2.27. The highest BCUT2D eigenvalue weighted by Crippen LogP contribution is 2.15. The highest BCUT2D eigenvalue weighted by atomic mass is 35.5. The van der Waals surface area contributed by atoms with Crippen LogP contribution in [0.4, 0.5) is 13.2 Å². The quantitative estimate of drug-likeness (QED) is 0.841. The van der Waals surface area contributed by atoms with E-state index in [2.05, 4.69) is 10.1 Å². The molecule has 0 fully saturated rings. The molecular weight excluding hydrogens is 297 g/mol. The van der Waals surface area contributed by atoms with Crippen LogP contribution < -0.4 is 11.1 Å². The molecule has 0 spiro atoms. The van der Waals surface area contributed by atoms with Crippen molar-refractivity contribution >= 4 is 18.3 Å². The van der Waals surface area contributed by atoms with Gasteiger partial charge >= 0.3 is 6.18 Å². The number of amides is 1. The second kappa shape index (κ2) is 8.78.